The number of fused-ring (bicyclic) bond motifs is 1. The highest BCUT2D eigenvalue weighted by atomic mass is 16.5. The van der Waals surface area contributed by atoms with Gasteiger partial charge in [-0.2, -0.15) is 15.1 Å². The summed E-state index contributed by atoms with van der Waals surface area (Å²) in [7, 11) is 0. The van der Waals surface area contributed by atoms with E-state index in [-0.39, 0.29) is 5.60 Å². The average Bonchev–Trinajstić information content (AvgIpc) is 2.63. The monoisotopic (exact) mass is 235 g/mol. The summed E-state index contributed by atoms with van der Waals surface area (Å²) < 4.78 is 5.81. The summed E-state index contributed by atoms with van der Waals surface area (Å²) in [6.07, 6.45) is 1.67. The molecule has 2 rings (SSSR count). The van der Waals surface area contributed by atoms with Crippen molar-refractivity contribution in [2.75, 3.05) is 11.9 Å². The minimum Gasteiger partial charge on any atom is -0.471 e. The topological polar surface area (TPSA) is 75.7 Å². The number of hydrogen-bond donors (Lipinski definition) is 2. The van der Waals surface area contributed by atoms with E-state index in [1.807, 2.05) is 27.7 Å². The second-order valence-corrected chi connectivity index (χ2v) is 4.73. The lowest BCUT2D eigenvalue weighted by Crippen LogP contribution is -2.24. The maximum Gasteiger partial charge on any atom is 0.230 e. The Morgan fingerprint density at radius 2 is 2.12 bits per heavy atom. The van der Waals surface area contributed by atoms with E-state index in [9.17, 15) is 0 Å². The molecule has 0 fully saturated rings. The third kappa shape index (κ3) is 2.64. The lowest BCUT2D eigenvalue weighted by atomic mass is 10.2. The Bertz CT molecular complexity index is 514. The highest BCUT2D eigenvalue weighted by Crippen LogP contribution is 2.25. The van der Waals surface area contributed by atoms with Crippen molar-refractivity contribution in [3.8, 4) is 5.88 Å². The van der Waals surface area contributed by atoms with Crippen molar-refractivity contribution >= 4 is 17.0 Å². The first-order chi connectivity index (χ1) is 7.99. The lowest BCUT2D eigenvalue weighted by molar-refractivity contribution is 0.126. The zero-order chi connectivity index (χ0) is 12.5. The Hall–Kier alpha value is -1.85. The van der Waals surface area contributed by atoms with Crippen molar-refractivity contribution in [2.45, 2.75) is 33.3 Å². The molecule has 2 N–H and O–H groups in total. The molecule has 0 atom stereocenters. The fraction of sp³-hybridized carbons (Fsp3) is 0.545. The fourth-order valence-corrected chi connectivity index (χ4v) is 1.41. The zero-order valence-electron chi connectivity index (χ0n) is 10.5. The number of ether oxygens (including phenoxy) is 1. The van der Waals surface area contributed by atoms with Crippen LogP contribution in [0.25, 0.3) is 11.0 Å². The maximum absolute atomic E-state index is 5.81. The summed E-state index contributed by atoms with van der Waals surface area (Å²) in [5.41, 5.74) is 0.373. The second-order valence-electron chi connectivity index (χ2n) is 4.73. The van der Waals surface area contributed by atoms with E-state index in [0.29, 0.717) is 17.5 Å². The van der Waals surface area contributed by atoms with Crippen molar-refractivity contribution in [3.63, 3.8) is 0 Å². The van der Waals surface area contributed by atoms with Gasteiger partial charge in [0.15, 0.2) is 5.65 Å². The molecule has 2 heterocycles. The number of H-pyrrole nitrogens is 1. The quantitative estimate of drug-likeness (QED) is 0.850. The first-order valence-electron chi connectivity index (χ1n) is 5.63. The van der Waals surface area contributed by atoms with Crippen LogP contribution in [0.3, 0.4) is 0 Å². The molecule has 0 spiro atoms. The molecule has 0 aliphatic carbocycles. The van der Waals surface area contributed by atoms with Gasteiger partial charge in [-0.1, -0.05) is 0 Å². The largest absolute Gasteiger partial charge is 0.471 e. The van der Waals surface area contributed by atoms with Gasteiger partial charge in [-0.25, -0.2) is 0 Å². The minimum atomic E-state index is -0.304. The van der Waals surface area contributed by atoms with Crippen LogP contribution in [0.4, 0.5) is 5.95 Å². The third-order valence-corrected chi connectivity index (χ3v) is 2.01. The highest BCUT2D eigenvalue weighted by molar-refractivity contribution is 5.80. The third-order valence-electron chi connectivity index (χ3n) is 2.01. The number of aromatic nitrogens is 4. The first kappa shape index (κ1) is 11.6. The standard InChI is InChI=1S/C11H17N5O/c1-5-12-10-14-8-7(6-13-16-8)9(15-10)17-11(2,3)4/h6H,5H2,1-4H3,(H2,12,13,14,15,16). The van der Waals surface area contributed by atoms with Crippen LogP contribution in [0, 0.1) is 0 Å². The predicted octanol–water partition coefficient (Wildman–Crippen LogP) is 1.96. The van der Waals surface area contributed by atoms with E-state index >= 15 is 0 Å². The first-order valence-corrected chi connectivity index (χ1v) is 5.63. The van der Waals surface area contributed by atoms with Crippen LogP contribution >= 0.6 is 0 Å². The van der Waals surface area contributed by atoms with Gasteiger partial charge in [0, 0.05) is 6.54 Å². The van der Waals surface area contributed by atoms with Crippen molar-refractivity contribution in [1.29, 1.82) is 0 Å². The molecule has 2 aromatic heterocycles. The number of rotatable bonds is 3. The minimum absolute atomic E-state index is 0.304. The summed E-state index contributed by atoms with van der Waals surface area (Å²) in [4.78, 5) is 8.64. The molecule has 0 radical (unpaired) electrons. The summed E-state index contributed by atoms with van der Waals surface area (Å²) in [6, 6.07) is 0. The van der Waals surface area contributed by atoms with Gasteiger partial charge in [-0.15, -0.1) is 0 Å². The van der Waals surface area contributed by atoms with Crippen molar-refractivity contribution in [2.24, 2.45) is 0 Å². The molecule has 92 valence electrons. The van der Waals surface area contributed by atoms with Crippen LogP contribution in [0.5, 0.6) is 5.88 Å². The van der Waals surface area contributed by atoms with Crippen molar-refractivity contribution < 1.29 is 4.74 Å². The summed E-state index contributed by atoms with van der Waals surface area (Å²) in [5, 5.41) is 10.6. The normalized spacial score (nSPS) is 11.8. The average molecular weight is 235 g/mol. The molecule has 0 unspecified atom stereocenters. The van der Waals surface area contributed by atoms with Gasteiger partial charge in [0.25, 0.3) is 0 Å². The zero-order valence-corrected chi connectivity index (χ0v) is 10.5. The van der Waals surface area contributed by atoms with Crippen LogP contribution < -0.4 is 10.1 Å². The van der Waals surface area contributed by atoms with Gasteiger partial charge in [0.1, 0.15) is 11.0 Å². The lowest BCUT2D eigenvalue weighted by Gasteiger charge is -2.20. The Labute approximate surface area is 99.8 Å². The maximum atomic E-state index is 5.81. The van der Waals surface area contributed by atoms with Crippen LogP contribution in [0.1, 0.15) is 27.7 Å². The van der Waals surface area contributed by atoms with Gasteiger partial charge in [-0.3, -0.25) is 5.10 Å². The van der Waals surface area contributed by atoms with E-state index in [1.54, 1.807) is 6.20 Å². The Balaban J connectivity index is 2.47. The summed E-state index contributed by atoms with van der Waals surface area (Å²) in [6.45, 7) is 8.69. The van der Waals surface area contributed by atoms with Gasteiger partial charge in [-0.05, 0) is 27.7 Å². The molecule has 17 heavy (non-hydrogen) atoms. The fourth-order valence-electron chi connectivity index (χ4n) is 1.41. The van der Waals surface area contributed by atoms with E-state index < -0.39 is 0 Å². The van der Waals surface area contributed by atoms with E-state index in [1.165, 1.54) is 0 Å². The van der Waals surface area contributed by atoms with Crippen molar-refractivity contribution in [3.05, 3.63) is 6.20 Å². The van der Waals surface area contributed by atoms with Gasteiger partial charge < -0.3 is 10.1 Å². The molecule has 0 saturated carbocycles. The number of aromatic amines is 1. The van der Waals surface area contributed by atoms with E-state index in [0.717, 1.165) is 11.9 Å². The second kappa shape index (κ2) is 4.20. The number of anilines is 1. The van der Waals surface area contributed by atoms with Gasteiger partial charge >= 0.3 is 0 Å². The van der Waals surface area contributed by atoms with Crippen LogP contribution in [0.2, 0.25) is 0 Å². The highest BCUT2D eigenvalue weighted by Gasteiger charge is 2.17. The Kier molecular flexibility index (Phi) is 2.87. The molecule has 6 nitrogen and oxygen atoms in total. The summed E-state index contributed by atoms with van der Waals surface area (Å²) in [5.74, 6) is 1.09. The Morgan fingerprint density at radius 3 is 2.76 bits per heavy atom. The van der Waals surface area contributed by atoms with E-state index in [2.05, 4.69) is 25.5 Å². The number of nitrogens with zero attached hydrogens (tertiary/aromatic N) is 3. The molecule has 2 aromatic rings. The molecular weight excluding hydrogens is 218 g/mol. The van der Waals surface area contributed by atoms with Gasteiger partial charge in [0.05, 0.1) is 6.20 Å². The molecule has 0 aliphatic heterocycles. The smallest absolute Gasteiger partial charge is 0.230 e. The molecule has 0 aliphatic rings. The SMILES string of the molecule is CCNc1nc(OC(C)(C)C)c2cn[nH]c2n1. The van der Waals surface area contributed by atoms with Gasteiger partial charge in [0.2, 0.25) is 11.8 Å². The number of nitrogens with one attached hydrogen (secondary N) is 2. The predicted molar refractivity (Wildman–Crippen MR) is 66.2 cm³/mol. The van der Waals surface area contributed by atoms with Crippen LogP contribution in [0.15, 0.2) is 6.20 Å². The molecule has 0 aromatic carbocycles. The molecule has 0 saturated heterocycles. The van der Waals surface area contributed by atoms with E-state index in [4.69, 9.17) is 4.74 Å². The molecule has 0 amide bonds. The number of hydrogen-bond acceptors (Lipinski definition) is 5. The molecule has 0 bridgehead atoms. The Morgan fingerprint density at radius 1 is 1.35 bits per heavy atom. The van der Waals surface area contributed by atoms with Crippen molar-refractivity contribution in [1.82, 2.24) is 20.2 Å². The van der Waals surface area contributed by atoms with Crippen LogP contribution in [-0.2, 0) is 0 Å². The van der Waals surface area contributed by atoms with Crippen LogP contribution in [-0.4, -0.2) is 32.3 Å². The summed E-state index contributed by atoms with van der Waals surface area (Å²) >= 11 is 0. The molecule has 6 heteroatoms. The molecular formula is C11H17N5O.